The van der Waals surface area contributed by atoms with Crippen molar-refractivity contribution in [1.29, 1.82) is 5.26 Å². The van der Waals surface area contributed by atoms with Crippen LogP contribution in [0.3, 0.4) is 0 Å². The summed E-state index contributed by atoms with van der Waals surface area (Å²) in [6.07, 6.45) is 1.70. The van der Waals surface area contributed by atoms with Gasteiger partial charge >= 0.3 is 0 Å². The molecule has 3 aromatic rings. The first kappa shape index (κ1) is 16.9. The standard InChI is InChI=1S/C16H13Cl2N5S/c1-21(8-12-4-2-3-11(5-12)7-19)10-23-16(24)22-9-13(17)6-14(18)15(22)20-23/h2-6,9H,8,10H2,1H3. The molecule has 0 saturated heterocycles. The van der Waals surface area contributed by atoms with Crippen LogP contribution in [0, 0.1) is 16.1 Å². The molecule has 0 unspecified atom stereocenters. The van der Waals surface area contributed by atoms with Crippen molar-refractivity contribution in [2.24, 2.45) is 0 Å². The fraction of sp³-hybridized carbons (Fsp3) is 0.188. The smallest absolute Gasteiger partial charge is 0.203 e. The Labute approximate surface area is 154 Å². The summed E-state index contributed by atoms with van der Waals surface area (Å²) >= 11 is 17.6. The van der Waals surface area contributed by atoms with Crippen molar-refractivity contribution in [3.05, 3.63) is 62.5 Å². The minimum atomic E-state index is 0.455. The Morgan fingerprint density at radius 1 is 1.33 bits per heavy atom. The number of fused-ring (bicyclic) bond motifs is 1. The lowest BCUT2D eigenvalue weighted by atomic mass is 10.1. The molecule has 0 amide bonds. The predicted octanol–water partition coefficient (Wildman–Crippen LogP) is 4.13. The molecule has 0 N–H and O–H groups in total. The van der Waals surface area contributed by atoms with Gasteiger partial charge in [0.25, 0.3) is 0 Å². The number of aromatic nitrogens is 3. The fourth-order valence-electron chi connectivity index (χ4n) is 2.47. The summed E-state index contributed by atoms with van der Waals surface area (Å²) in [4.78, 5) is 2.05. The van der Waals surface area contributed by atoms with Gasteiger partial charge in [0.05, 0.1) is 28.3 Å². The topological polar surface area (TPSA) is 49.3 Å². The van der Waals surface area contributed by atoms with E-state index in [-0.39, 0.29) is 0 Å². The van der Waals surface area contributed by atoms with Crippen molar-refractivity contribution in [2.75, 3.05) is 7.05 Å². The van der Waals surface area contributed by atoms with Crippen LogP contribution in [0.2, 0.25) is 10.0 Å². The van der Waals surface area contributed by atoms with E-state index in [1.54, 1.807) is 27.4 Å². The highest BCUT2D eigenvalue weighted by Gasteiger charge is 2.11. The third-order valence-corrected chi connectivity index (χ3v) is 4.38. The molecule has 24 heavy (non-hydrogen) atoms. The zero-order valence-corrected chi connectivity index (χ0v) is 15.1. The van der Waals surface area contributed by atoms with E-state index in [9.17, 15) is 0 Å². The first-order valence-electron chi connectivity index (χ1n) is 7.10. The fourth-order valence-corrected chi connectivity index (χ4v) is 3.21. The van der Waals surface area contributed by atoms with E-state index in [4.69, 9.17) is 40.7 Å². The van der Waals surface area contributed by atoms with Gasteiger partial charge in [0.1, 0.15) is 0 Å². The van der Waals surface area contributed by atoms with Gasteiger partial charge in [0.15, 0.2) is 5.65 Å². The molecule has 5 nitrogen and oxygen atoms in total. The first-order valence-corrected chi connectivity index (χ1v) is 8.26. The zero-order valence-electron chi connectivity index (χ0n) is 12.8. The molecular weight excluding hydrogens is 365 g/mol. The van der Waals surface area contributed by atoms with Crippen molar-refractivity contribution < 1.29 is 0 Å². The molecule has 1 aromatic carbocycles. The molecule has 0 radical (unpaired) electrons. The summed E-state index contributed by atoms with van der Waals surface area (Å²) in [5, 5.41) is 14.4. The van der Waals surface area contributed by atoms with E-state index < -0.39 is 0 Å². The van der Waals surface area contributed by atoms with Crippen LogP contribution < -0.4 is 0 Å². The first-order chi connectivity index (χ1) is 11.5. The van der Waals surface area contributed by atoms with Crippen LogP contribution in [0.1, 0.15) is 11.1 Å². The molecule has 0 atom stereocenters. The van der Waals surface area contributed by atoms with Gasteiger partial charge in [-0.3, -0.25) is 9.30 Å². The lowest BCUT2D eigenvalue weighted by Crippen LogP contribution is -2.22. The Bertz CT molecular complexity index is 1000. The number of halogens is 2. The lowest BCUT2D eigenvalue weighted by molar-refractivity contribution is 0.244. The summed E-state index contributed by atoms with van der Waals surface area (Å²) in [5.41, 5.74) is 2.27. The lowest BCUT2D eigenvalue weighted by Gasteiger charge is -2.16. The second kappa shape index (κ2) is 6.91. The maximum atomic E-state index is 8.98. The van der Waals surface area contributed by atoms with Gasteiger partial charge in [-0.25, -0.2) is 4.68 Å². The van der Waals surface area contributed by atoms with Crippen LogP contribution in [-0.4, -0.2) is 26.1 Å². The zero-order chi connectivity index (χ0) is 17.3. The second-order valence-electron chi connectivity index (χ2n) is 5.45. The molecule has 0 spiro atoms. The summed E-state index contributed by atoms with van der Waals surface area (Å²) < 4.78 is 3.91. The average molecular weight is 378 g/mol. The van der Waals surface area contributed by atoms with Crippen molar-refractivity contribution in [1.82, 2.24) is 19.1 Å². The normalized spacial score (nSPS) is 11.1. The highest BCUT2D eigenvalue weighted by atomic mass is 35.5. The Morgan fingerprint density at radius 2 is 2.12 bits per heavy atom. The third kappa shape index (κ3) is 3.45. The molecule has 0 aliphatic carbocycles. The van der Waals surface area contributed by atoms with Gasteiger partial charge < -0.3 is 0 Å². The summed E-state index contributed by atoms with van der Waals surface area (Å²) in [5.74, 6) is 0. The van der Waals surface area contributed by atoms with Crippen molar-refractivity contribution in [3.63, 3.8) is 0 Å². The molecule has 0 aliphatic rings. The van der Waals surface area contributed by atoms with Crippen LogP contribution in [0.5, 0.6) is 0 Å². The molecule has 2 aromatic heterocycles. The molecule has 122 valence electrons. The molecule has 8 heteroatoms. The third-order valence-electron chi connectivity index (χ3n) is 3.49. The number of pyridine rings is 1. The average Bonchev–Trinajstić information content (AvgIpc) is 2.84. The predicted molar refractivity (Wildman–Crippen MR) is 96.7 cm³/mol. The molecular formula is C16H13Cl2N5S. The molecule has 3 rings (SSSR count). The maximum absolute atomic E-state index is 8.98. The maximum Gasteiger partial charge on any atom is 0.203 e. The number of hydrogen-bond donors (Lipinski definition) is 0. The monoisotopic (exact) mass is 377 g/mol. The molecule has 0 fully saturated rings. The summed E-state index contributed by atoms with van der Waals surface area (Å²) in [7, 11) is 1.96. The SMILES string of the molecule is CN(Cc1cccc(C#N)c1)Cn1nc2c(Cl)cc(Cl)cn2c1=S. The molecule has 0 bridgehead atoms. The van der Waals surface area contributed by atoms with E-state index >= 15 is 0 Å². The quantitative estimate of drug-likeness (QED) is 0.641. The van der Waals surface area contributed by atoms with Crippen LogP contribution >= 0.6 is 35.4 Å². The highest BCUT2D eigenvalue weighted by molar-refractivity contribution is 7.71. The summed E-state index contributed by atoms with van der Waals surface area (Å²) in [6, 6.07) is 11.3. The van der Waals surface area contributed by atoms with Gasteiger partial charge in [-0.1, -0.05) is 35.3 Å². The van der Waals surface area contributed by atoms with E-state index in [0.717, 1.165) is 5.56 Å². The van der Waals surface area contributed by atoms with E-state index in [1.165, 1.54) is 0 Å². The minimum absolute atomic E-state index is 0.455. The van der Waals surface area contributed by atoms with Gasteiger partial charge in [0.2, 0.25) is 4.77 Å². The Balaban J connectivity index is 1.84. The van der Waals surface area contributed by atoms with E-state index in [1.807, 2.05) is 30.1 Å². The molecule has 2 heterocycles. The van der Waals surface area contributed by atoms with Gasteiger partial charge in [-0.15, -0.1) is 5.10 Å². The minimum Gasteiger partial charge on any atom is -0.283 e. The summed E-state index contributed by atoms with van der Waals surface area (Å²) in [6.45, 7) is 1.16. The molecule has 0 aliphatic heterocycles. The van der Waals surface area contributed by atoms with Crippen molar-refractivity contribution in [3.8, 4) is 6.07 Å². The number of benzene rings is 1. The van der Waals surface area contributed by atoms with Crippen LogP contribution in [0.15, 0.2) is 36.5 Å². The number of nitrogens with zero attached hydrogens (tertiary/aromatic N) is 5. The number of hydrogen-bond acceptors (Lipinski definition) is 4. The van der Waals surface area contributed by atoms with Gasteiger partial charge in [-0.05, 0) is 43.0 Å². The Kier molecular flexibility index (Phi) is 4.88. The van der Waals surface area contributed by atoms with Gasteiger partial charge in [-0.2, -0.15) is 5.26 Å². The van der Waals surface area contributed by atoms with Crippen LogP contribution in [0.4, 0.5) is 0 Å². The second-order valence-corrected chi connectivity index (χ2v) is 6.66. The largest absolute Gasteiger partial charge is 0.283 e. The highest BCUT2D eigenvalue weighted by Crippen LogP contribution is 2.21. The van der Waals surface area contributed by atoms with Crippen LogP contribution in [-0.2, 0) is 13.2 Å². The number of nitriles is 1. The van der Waals surface area contributed by atoms with E-state index in [0.29, 0.717) is 39.2 Å². The van der Waals surface area contributed by atoms with Crippen molar-refractivity contribution in [2.45, 2.75) is 13.2 Å². The van der Waals surface area contributed by atoms with Crippen molar-refractivity contribution >= 4 is 41.1 Å². The Morgan fingerprint density at radius 3 is 2.88 bits per heavy atom. The van der Waals surface area contributed by atoms with Crippen LogP contribution in [0.25, 0.3) is 5.65 Å². The molecule has 0 saturated carbocycles. The van der Waals surface area contributed by atoms with E-state index in [2.05, 4.69) is 11.2 Å². The number of rotatable bonds is 4. The van der Waals surface area contributed by atoms with Gasteiger partial charge in [0, 0.05) is 12.7 Å². The Hall–Kier alpha value is -1.91.